The highest BCUT2D eigenvalue weighted by Crippen LogP contribution is 2.27. The Morgan fingerprint density at radius 3 is 2.33 bits per heavy atom. The predicted molar refractivity (Wildman–Crippen MR) is 103 cm³/mol. The maximum Gasteiger partial charge on any atom is 0.244 e. The van der Waals surface area contributed by atoms with Gasteiger partial charge in [0.05, 0.1) is 19.1 Å². The van der Waals surface area contributed by atoms with E-state index in [9.17, 15) is 13.2 Å². The number of hydrogen-bond donors (Lipinski definition) is 2. The van der Waals surface area contributed by atoms with Crippen LogP contribution in [0.3, 0.4) is 0 Å². The molecule has 2 aromatic rings. The molecule has 0 bridgehead atoms. The van der Waals surface area contributed by atoms with Gasteiger partial charge in [0.25, 0.3) is 0 Å². The third kappa shape index (κ3) is 6.12. The van der Waals surface area contributed by atoms with Crippen molar-refractivity contribution in [3.8, 4) is 11.5 Å². The minimum atomic E-state index is -3.69. The molecule has 0 aliphatic carbocycles. The van der Waals surface area contributed by atoms with Crippen molar-refractivity contribution >= 4 is 22.0 Å². The molecular formula is C19H22N2O5S. The lowest BCUT2D eigenvalue weighted by Crippen LogP contribution is -2.23. The van der Waals surface area contributed by atoms with Crippen LogP contribution in [0, 0.1) is 0 Å². The minimum absolute atomic E-state index is 0.0631. The molecule has 0 aromatic heterocycles. The number of carbonyl (C=O) groups excluding carboxylic acids is 1. The quantitative estimate of drug-likeness (QED) is 0.668. The van der Waals surface area contributed by atoms with Crippen LogP contribution >= 0.6 is 0 Å². The molecule has 0 unspecified atom stereocenters. The van der Waals surface area contributed by atoms with Crippen LogP contribution in [0.5, 0.6) is 11.5 Å². The van der Waals surface area contributed by atoms with E-state index in [1.54, 1.807) is 44.6 Å². The van der Waals surface area contributed by atoms with Crippen molar-refractivity contribution in [2.75, 3.05) is 20.8 Å². The molecule has 0 spiro atoms. The summed E-state index contributed by atoms with van der Waals surface area (Å²) in [6.45, 7) is 0.420. The van der Waals surface area contributed by atoms with Crippen LogP contribution in [-0.4, -0.2) is 35.1 Å². The first-order valence-corrected chi connectivity index (χ1v) is 9.68. The Balaban J connectivity index is 1.86. The van der Waals surface area contributed by atoms with Crippen LogP contribution < -0.4 is 19.9 Å². The summed E-state index contributed by atoms with van der Waals surface area (Å²) in [4.78, 5) is 12.0. The third-order valence-corrected chi connectivity index (χ3v) is 4.73. The normalized spacial score (nSPS) is 11.4. The third-order valence-electron chi connectivity index (χ3n) is 3.80. The van der Waals surface area contributed by atoms with Gasteiger partial charge in [-0.05, 0) is 47.9 Å². The maximum atomic E-state index is 11.9. The van der Waals surface area contributed by atoms with E-state index in [1.807, 2.05) is 6.07 Å². The first-order valence-electron chi connectivity index (χ1n) is 8.13. The van der Waals surface area contributed by atoms with E-state index in [2.05, 4.69) is 5.32 Å². The summed E-state index contributed by atoms with van der Waals surface area (Å²) in [5, 5.41) is 7.83. The summed E-state index contributed by atoms with van der Waals surface area (Å²) in [5.41, 5.74) is 1.70. The van der Waals surface area contributed by atoms with Gasteiger partial charge in [0, 0.05) is 12.6 Å². The van der Waals surface area contributed by atoms with E-state index in [4.69, 9.17) is 14.6 Å². The zero-order valence-corrected chi connectivity index (χ0v) is 16.0. The van der Waals surface area contributed by atoms with Gasteiger partial charge < -0.3 is 14.8 Å². The van der Waals surface area contributed by atoms with Gasteiger partial charge in [-0.25, -0.2) is 13.6 Å². The second-order valence-corrected chi connectivity index (χ2v) is 7.24. The average molecular weight is 390 g/mol. The fraction of sp³-hybridized carbons (Fsp3) is 0.211. The fourth-order valence-electron chi connectivity index (χ4n) is 2.36. The van der Waals surface area contributed by atoms with E-state index in [1.165, 1.54) is 18.2 Å². The van der Waals surface area contributed by atoms with Gasteiger partial charge in [-0.15, -0.1) is 0 Å². The number of methoxy groups -OCH3 is 2. The van der Waals surface area contributed by atoms with Gasteiger partial charge in [0.1, 0.15) is 0 Å². The monoisotopic (exact) mass is 390 g/mol. The molecule has 0 saturated heterocycles. The summed E-state index contributed by atoms with van der Waals surface area (Å²) < 4.78 is 32.8. The highest BCUT2D eigenvalue weighted by molar-refractivity contribution is 7.89. The molecule has 0 atom stereocenters. The van der Waals surface area contributed by atoms with Crippen LogP contribution in [0.1, 0.15) is 11.1 Å². The molecule has 0 saturated carbocycles. The highest BCUT2D eigenvalue weighted by Gasteiger charge is 2.07. The zero-order valence-electron chi connectivity index (χ0n) is 15.1. The van der Waals surface area contributed by atoms with Crippen molar-refractivity contribution in [3.05, 3.63) is 59.7 Å². The smallest absolute Gasteiger partial charge is 0.244 e. The lowest BCUT2D eigenvalue weighted by molar-refractivity contribution is -0.116. The van der Waals surface area contributed by atoms with Crippen molar-refractivity contribution in [1.29, 1.82) is 0 Å². The summed E-state index contributed by atoms with van der Waals surface area (Å²) in [6, 6.07) is 11.6. The lowest BCUT2D eigenvalue weighted by atomic mass is 10.1. The maximum absolute atomic E-state index is 11.9. The molecule has 0 fully saturated rings. The molecule has 0 radical (unpaired) electrons. The van der Waals surface area contributed by atoms with Gasteiger partial charge in [0.15, 0.2) is 11.5 Å². The fourth-order valence-corrected chi connectivity index (χ4v) is 2.88. The van der Waals surface area contributed by atoms with Gasteiger partial charge in [-0.3, -0.25) is 4.79 Å². The number of primary sulfonamides is 1. The number of sulfonamides is 1. The Hall–Kier alpha value is -2.84. The molecule has 2 aromatic carbocycles. The molecule has 3 N–H and O–H groups in total. The molecule has 1 amide bonds. The Morgan fingerprint density at radius 2 is 1.74 bits per heavy atom. The van der Waals surface area contributed by atoms with E-state index in [0.717, 1.165) is 11.1 Å². The van der Waals surface area contributed by atoms with Gasteiger partial charge in [-0.2, -0.15) is 0 Å². The molecular weight excluding hydrogens is 368 g/mol. The van der Waals surface area contributed by atoms with Gasteiger partial charge >= 0.3 is 0 Å². The van der Waals surface area contributed by atoms with Crippen LogP contribution in [-0.2, 0) is 21.2 Å². The topological polar surface area (TPSA) is 108 Å². The molecule has 8 heteroatoms. The summed E-state index contributed by atoms with van der Waals surface area (Å²) in [6.07, 6.45) is 3.68. The molecule has 0 aliphatic rings. The Bertz CT molecular complexity index is 922. The predicted octanol–water partition coefficient (Wildman–Crippen LogP) is 1.72. The highest BCUT2D eigenvalue weighted by atomic mass is 32.2. The van der Waals surface area contributed by atoms with Crippen LogP contribution in [0.25, 0.3) is 6.08 Å². The Labute approximate surface area is 158 Å². The van der Waals surface area contributed by atoms with E-state index in [0.29, 0.717) is 24.5 Å². The molecule has 2 rings (SSSR count). The number of nitrogens with two attached hydrogens (primary N) is 1. The number of ether oxygens (including phenoxy) is 2. The van der Waals surface area contributed by atoms with Crippen molar-refractivity contribution in [1.82, 2.24) is 5.32 Å². The summed E-state index contributed by atoms with van der Waals surface area (Å²) >= 11 is 0. The average Bonchev–Trinajstić information content (AvgIpc) is 2.65. The second kappa shape index (κ2) is 9.20. The van der Waals surface area contributed by atoms with Crippen molar-refractivity contribution < 1.29 is 22.7 Å². The number of nitrogens with one attached hydrogen (secondary N) is 1. The first-order chi connectivity index (χ1) is 12.8. The molecule has 0 aliphatic heterocycles. The lowest BCUT2D eigenvalue weighted by Gasteiger charge is -2.07. The van der Waals surface area contributed by atoms with Crippen LogP contribution in [0.4, 0.5) is 0 Å². The second-order valence-electron chi connectivity index (χ2n) is 5.68. The van der Waals surface area contributed by atoms with E-state index >= 15 is 0 Å². The first kappa shape index (κ1) is 20.5. The van der Waals surface area contributed by atoms with Crippen LogP contribution in [0.2, 0.25) is 0 Å². The van der Waals surface area contributed by atoms with Gasteiger partial charge in [-0.1, -0.05) is 18.2 Å². The number of hydrogen-bond acceptors (Lipinski definition) is 5. The molecule has 7 nitrogen and oxygen atoms in total. The van der Waals surface area contributed by atoms with Crippen molar-refractivity contribution in [3.63, 3.8) is 0 Å². The van der Waals surface area contributed by atoms with Crippen molar-refractivity contribution in [2.45, 2.75) is 11.3 Å². The molecule has 27 heavy (non-hydrogen) atoms. The molecule has 0 heterocycles. The SMILES string of the molecule is COc1ccc(/C=C/C(=O)NCCc2ccc(S(N)(=O)=O)cc2)cc1OC. The summed E-state index contributed by atoms with van der Waals surface area (Å²) in [5.74, 6) is 0.974. The number of carbonyl (C=O) groups is 1. The van der Waals surface area contributed by atoms with E-state index < -0.39 is 10.0 Å². The molecule has 144 valence electrons. The van der Waals surface area contributed by atoms with Crippen molar-refractivity contribution in [2.24, 2.45) is 5.14 Å². The zero-order chi connectivity index (χ0) is 19.9. The number of amides is 1. The van der Waals surface area contributed by atoms with Gasteiger partial charge in [0.2, 0.25) is 15.9 Å². The Kier molecular flexibility index (Phi) is 6.98. The largest absolute Gasteiger partial charge is 0.493 e. The number of benzene rings is 2. The Morgan fingerprint density at radius 1 is 1.07 bits per heavy atom. The van der Waals surface area contributed by atoms with Crippen LogP contribution in [0.15, 0.2) is 53.4 Å². The number of rotatable bonds is 8. The standard InChI is InChI=1S/C19H22N2O5S/c1-25-17-9-5-15(13-18(17)26-2)6-10-19(22)21-12-11-14-3-7-16(8-4-14)27(20,23)24/h3-10,13H,11-12H2,1-2H3,(H,21,22)(H2,20,23,24)/b10-6+. The minimum Gasteiger partial charge on any atom is -0.493 e. The van der Waals surface area contributed by atoms with E-state index in [-0.39, 0.29) is 10.8 Å². The summed E-state index contributed by atoms with van der Waals surface area (Å²) in [7, 11) is -0.585.